The zero-order valence-corrected chi connectivity index (χ0v) is 17.4. The molecule has 2 aromatic carbocycles. The van der Waals surface area contributed by atoms with Gasteiger partial charge in [-0.25, -0.2) is 4.79 Å². The molecule has 0 saturated heterocycles. The maximum atomic E-state index is 12.6. The lowest BCUT2D eigenvalue weighted by Crippen LogP contribution is -2.15. The smallest absolute Gasteiger partial charge is 0.343 e. The second kappa shape index (κ2) is 9.84. The molecule has 0 spiro atoms. The van der Waals surface area contributed by atoms with Crippen LogP contribution in [0.1, 0.15) is 10.4 Å². The number of ether oxygens (including phenoxy) is 5. The Morgan fingerprint density at radius 1 is 0.893 bits per heavy atom. The summed E-state index contributed by atoms with van der Waals surface area (Å²) in [4.78, 5) is 24.2. The third-order valence-corrected chi connectivity index (χ3v) is 4.19. The quantitative estimate of drug-likeness (QED) is 0.372. The number of rotatable bonds is 8. The van der Waals surface area contributed by atoms with Gasteiger partial charge in [-0.3, -0.25) is 4.79 Å². The summed E-state index contributed by atoms with van der Waals surface area (Å²) in [6, 6.07) is 7.59. The number of methoxy groups -OCH3 is 4. The largest absolute Gasteiger partial charge is 0.495 e. The highest BCUT2D eigenvalue weighted by atomic mass is 79.9. The zero-order valence-electron chi connectivity index (χ0n) is 15.8. The summed E-state index contributed by atoms with van der Waals surface area (Å²) >= 11 is 3.07. The van der Waals surface area contributed by atoms with Gasteiger partial charge in [0.1, 0.15) is 11.5 Å². The normalized spacial score (nSPS) is 10.0. The van der Waals surface area contributed by atoms with Gasteiger partial charge in [-0.2, -0.15) is 0 Å². The van der Waals surface area contributed by atoms with Gasteiger partial charge in [0, 0.05) is 12.1 Å². The molecule has 0 unspecified atom stereocenters. The lowest BCUT2D eigenvalue weighted by molar-refractivity contribution is -0.113. The molecule has 150 valence electrons. The fourth-order valence-electron chi connectivity index (χ4n) is 2.40. The summed E-state index contributed by atoms with van der Waals surface area (Å²) in [5.74, 6) is 0.794. The molecule has 0 saturated carbocycles. The number of hydrogen-bond acceptors (Lipinski definition) is 7. The summed E-state index contributed by atoms with van der Waals surface area (Å²) in [5, 5.41) is 2.75. The van der Waals surface area contributed by atoms with Crippen LogP contribution in [0.25, 0.3) is 0 Å². The molecule has 8 nitrogen and oxygen atoms in total. The van der Waals surface area contributed by atoms with Gasteiger partial charge in [0.2, 0.25) is 11.7 Å². The number of hydrogen-bond donors (Lipinski definition) is 1. The first-order valence-corrected chi connectivity index (χ1v) is 9.15. The molecule has 0 fully saturated rings. The van der Waals surface area contributed by atoms with Gasteiger partial charge in [0.15, 0.2) is 11.5 Å². The summed E-state index contributed by atoms with van der Waals surface area (Å²) in [5.41, 5.74) is 0.575. The van der Waals surface area contributed by atoms with Crippen molar-refractivity contribution in [3.63, 3.8) is 0 Å². The van der Waals surface area contributed by atoms with Crippen LogP contribution >= 0.6 is 15.9 Å². The number of carbonyl (C=O) groups excluding carboxylic acids is 2. The van der Waals surface area contributed by atoms with Crippen LogP contribution in [0.15, 0.2) is 30.3 Å². The molecule has 28 heavy (non-hydrogen) atoms. The van der Waals surface area contributed by atoms with Crippen molar-refractivity contribution in [1.29, 1.82) is 0 Å². The molecule has 0 bridgehead atoms. The lowest BCUT2D eigenvalue weighted by Gasteiger charge is -2.14. The molecule has 0 aliphatic heterocycles. The minimum Gasteiger partial charge on any atom is -0.495 e. The van der Waals surface area contributed by atoms with E-state index < -0.39 is 5.97 Å². The Morgan fingerprint density at radius 3 is 2.00 bits per heavy atom. The van der Waals surface area contributed by atoms with Crippen LogP contribution in [0.2, 0.25) is 0 Å². The topological polar surface area (TPSA) is 92.3 Å². The Morgan fingerprint density at radius 2 is 1.50 bits per heavy atom. The number of carbonyl (C=O) groups is 2. The Hall–Kier alpha value is -2.94. The molecule has 0 aliphatic carbocycles. The number of nitrogens with one attached hydrogen (secondary N) is 1. The predicted octanol–water partition coefficient (Wildman–Crippen LogP) is 3.27. The minimum absolute atomic E-state index is 0.107. The van der Waals surface area contributed by atoms with Crippen LogP contribution in [0.5, 0.6) is 28.7 Å². The van der Waals surface area contributed by atoms with Gasteiger partial charge < -0.3 is 29.0 Å². The third-order valence-electron chi connectivity index (χ3n) is 3.68. The van der Waals surface area contributed by atoms with Crippen molar-refractivity contribution < 1.29 is 33.3 Å². The number of anilines is 1. The Balaban J connectivity index is 2.32. The van der Waals surface area contributed by atoms with Crippen LogP contribution in [0.3, 0.4) is 0 Å². The van der Waals surface area contributed by atoms with Crippen molar-refractivity contribution in [2.24, 2.45) is 0 Å². The summed E-state index contributed by atoms with van der Waals surface area (Å²) < 4.78 is 26.4. The van der Waals surface area contributed by atoms with Gasteiger partial charge in [-0.15, -0.1) is 0 Å². The fraction of sp³-hybridized carbons (Fsp3) is 0.263. The van der Waals surface area contributed by atoms with Crippen LogP contribution in [-0.2, 0) is 4.79 Å². The van der Waals surface area contributed by atoms with Gasteiger partial charge in [-0.05, 0) is 18.2 Å². The average Bonchev–Trinajstić information content (AvgIpc) is 2.72. The molecular formula is C19H20BrNO7. The number of benzene rings is 2. The van der Waals surface area contributed by atoms with Crippen LogP contribution in [-0.4, -0.2) is 45.6 Å². The first kappa shape index (κ1) is 21.4. The van der Waals surface area contributed by atoms with Gasteiger partial charge >= 0.3 is 5.97 Å². The number of halogens is 1. The van der Waals surface area contributed by atoms with Gasteiger partial charge in [-0.1, -0.05) is 15.9 Å². The van der Waals surface area contributed by atoms with Gasteiger partial charge in [0.25, 0.3) is 0 Å². The minimum atomic E-state index is -0.633. The van der Waals surface area contributed by atoms with Crippen LogP contribution < -0.4 is 29.0 Å². The maximum absolute atomic E-state index is 12.6. The highest BCUT2D eigenvalue weighted by Crippen LogP contribution is 2.41. The van der Waals surface area contributed by atoms with Crippen molar-refractivity contribution in [2.45, 2.75) is 0 Å². The maximum Gasteiger partial charge on any atom is 0.343 e. The van der Waals surface area contributed by atoms with E-state index in [9.17, 15) is 9.59 Å². The van der Waals surface area contributed by atoms with E-state index in [1.165, 1.54) is 52.7 Å². The van der Waals surface area contributed by atoms with E-state index in [4.69, 9.17) is 23.7 Å². The molecule has 0 heterocycles. The predicted molar refractivity (Wildman–Crippen MR) is 106 cm³/mol. The molecule has 9 heteroatoms. The average molecular weight is 454 g/mol. The molecular weight excluding hydrogens is 434 g/mol. The Kier molecular flexibility index (Phi) is 7.51. The first-order chi connectivity index (χ1) is 13.5. The second-order valence-corrected chi connectivity index (χ2v) is 5.91. The van der Waals surface area contributed by atoms with E-state index >= 15 is 0 Å². The van der Waals surface area contributed by atoms with Crippen molar-refractivity contribution in [3.8, 4) is 28.7 Å². The summed E-state index contributed by atoms with van der Waals surface area (Å²) in [7, 11) is 5.87. The molecule has 0 aliphatic rings. The van der Waals surface area contributed by atoms with Crippen molar-refractivity contribution in [3.05, 3.63) is 35.9 Å². The fourth-order valence-corrected chi connectivity index (χ4v) is 2.54. The SMILES string of the molecule is COc1ccc(C(=O)Oc2cc(OC)c(OC)c(OC)c2)cc1NC(=O)CBr. The molecule has 2 rings (SSSR count). The number of alkyl halides is 1. The molecule has 0 atom stereocenters. The lowest BCUT2D eigenvalue weighted by atomic mass is 10.2. The van der Waals surface area contributed by atoms with E-state index in [-0.39, 0.29) is 22.6 Å². The Labute approximate surface area is 170 Å². The molecule has 2 aromatic rings. The number of amides is 1. The monoisotopic (exact) mass is 453 g/mol. The Bertz CT molecular complexity index is 844. The molecule has 1 amide bonds. The van der Waals surface area contributed by atoms with E-state index in [0.29, 0.717) is 28.7 Å². The highest BCUT2D eigenvalue weighted by Gasteiger charge is 2.18. The summed E-state index contributed by atoms with van der Waals surface area (Å²) in [6.07, 6.45) is 0. The zero-order chi connectivity index (χ0) is 20.7. The molecule has 1 N–H and O–H groups in total. The molecule has 0 radical (unpaired) electrons. The standard InChI is InChI=1S/C19H20BrNO7/c1-24-14-6-5-11(7-13(14)21-17(22)10-20)19(23)28-12-8-15(25-2)18(27-4)16(9-12)26-3/h5-9H,10H2,1-4H3,(H,21,22). The van der Waals surface area contributed by atoms with Crippen LogP contribution in [0.4, 0.5) is 5.69 Å². The third kappa shape index (κ3) is 4.86. The molecule has 0 aromatic heterocycles. The van der Waals surface area contributed by atoms with Crippen molar-refractivity contribution in [2.75, 3.05) is 39.1 Å². The van der Waals surface area contributed by atoms with Gasteiger partial charge in [0.05, 0.1) is 45.0 Å². The van der Waals surface area contributed by atoms with E-state index in [2.05, 4.69) is 21.2 Å². The highest BCUT2D eigenvalue weighted by molar-refractivity contribution is 9.09. The summed E-state index contributed by atoms with van der Waals surface area (Å²) in [6.45, 7) is 0. The van der Waals surface area contributed by atoms with E-state index in [0.717, 1.165) is 0 Å². The van der Waals surface area contributed by atoms with E-state index in [1.807, 2.05) is 0 Å². The second-order valence-electron chi connectivity index (χ2n) is 5.35. The van der Waals surface area contributed by atoms with Crippen LogP contribution in [0, 0.1) is 0 Å². The van der Waals surface area contributed by atoms with Crippen molar-refractivity contribution >= 4 is 33.5 Å². The number of esters is 1. The van der Waals surface area contributed by atoms with Crippen molar-refractivity contribution in [1.82, 2.24) is 0 Å². The first-order valence-electron chi connectivity index (χ1n) is 8.03. The van der Waals surface area contributed by atoms with E-state index in [1.54, 1.807) is 6.07 Å².